The highest BCUT2D eigenvalue weighted by molar-refractivity contribution is 6.42. The molecule has 3 nitrogen and oxygen atoms in total. The molecule has 0 aromatic heterocycles. The monoisotopic (exact) mass is 315 g/mol. The van der Waals surface area contributed by atoms with Gasteiger partial charge in [-0.15, -0.1) is 0 Å². The molecule has 1 aliphatic heterocycles. The van der Waals surface area contributed by atoms with Gasteiger partial charge in [0, 0.05) is 25.2 Å². The Kier molecular flexibility index (Phi) is 5.70. The van der Waals surface area contributed by atoms with E-state index in [-0.39, 0.29) is 6.04 Å². The van der Waals surface area contributed by atoms with Crippen LogP contribution in [0.1, 0.15) is 24.4 Å². The molecule has 2 unspecified atom stereocenters. The molecule has 1 aromatic rings. The highest BCUT2D eigenvalue weighted by atomic mass is 35.5. The van der Waals surface area contributed by atoms with E-state index >= 15 is 0 Å². The summed E-state index contributed by atoms with van der Waals surface area (Å²) in [4.78, 5) is 4.75. The fourth-order valence-corrected chi connectivity index (χ4v) is 3.37. The zero-order valence-electron chi connectivity index (χ0n) is 12.1. The summed E-state index contributed by atoms with van der Waals surface area (Å²) in [6.07, 6.45) is 2.46. The van der Waals surface area contributed by atoms with Crippen molar-refractivity contribution >= 4 is 23.2 Å². The van der Waals surface area contributed by atoms with Gasteiger partial charge in [-0.2, -0.15) is 0 Å². The van der Waals surface area contributed by atoms with Crippen LogP contribution in [0.3, 0.4) is 0 Å². The molecule has 1 fully saturated rings. The SMILES string of the molecule is CN(C)CC1CCCN1C(CN)c1ccc(Cl)c(Cl)c1. The zero-order chi connectivity index (χ0) is 14.7. The molecule has 2 N–H and O–H groups in total. The van der Waals surface area contributed by atoms with Gasteiger partial charge >= 0.3 is 0 Å². The Bertz CT molecular complexity index is 451. The lowest BCUT2D eigenvalue weighted by Crippen LogP contribution is -2.42. The number of hydrogen-bond donors (Lipinski definition) is 1. The maximum Gasteiger partial charge on any atom is 0.0595 e. The number of benzene rings is 1. The first-order valence-electron chi connectivity index (χ1n) is 7.08. The quantitative estimate of drug-likeness (QED) is 0.906. The number of likely N-dealkylation sites (tertiary alicyclic amines) is 1. The van der Waals surface area contributed by atoms with E-state index < -0.39 is 0 Å². The molecule has 0 saturated carbocycles. The molecule has 1 saturated heterocycles. The summed E-state index contributed by atoms with van der Waals surface area (Å²) in [7, 11) is 4.24. The molecule has 20 heavy (non-hydrogen) atoms. The molecule has 0 aliphatic carbocycles. The van der Waals surface area contributed by atoms with Crippen molar-refractivity contribution in [2.45, 2.75) is 24.9 Å². The second-order valence-corrected chi connectivity index (χ2v) is 6.54. The molecular formula is C15H23Cl2N3. The van der Waals surface area contributed by atoms with E-state index in [4.69, 9.17) is 28.9 Å². The van der Waals surface area contributed by atoms with Gasteiger partial charge in [0.05, 0.1) is 10.0 Å². The number of rotatable bonds is 5. The molecule has 0 spiro atoms. The highest BCUT2D eigenvalue weighted by Crippen LogP contribution is 2.32. The standard InChI is InChI=1S/C15H23Cl2N3/c1-19(2)10-12-4-3-7-20(12)15(9-18)11-5-6-13(16)14(17)8-11/h5-6,8,12,15H,3-4,7,9-10,18H2,1-2H3. The van der Waals surface area contributed by atoms with Gasteiger partial charge in [-0.25, -0.2) is 0 Å². The largest absolute Gasteiger partial charge is 0.329 e. The molecule has 1 heterocycles. The Balaban J connectivity index is 2.20. The van der Waals surface area contributed by atoms with E-state index in [1.165, 1.54) is 12.8 Å². The molecule has 2 atom stereocenters. The van der Waals surface area contributed by atoms with Crippen LogP contribution in [0.15, 0.2) is 18.2 Å². The summed E-state index contributed by atoms with van der Waals surface area (Å²) in [5.74, 6) is 0. The normalized spacial score (nSPS) is 21.6. The highest BCUT2D eigenvalue weighted by Gasteiger charge is 2.31. The van der Waals surface area contributed by atoms with Crippen LogP contribution in [0.4, 0.5) is 0 Å². The van der Waals surface area contributed by atoms with Gasteiger partial charge in [0.15, 0.2) is 0 Å². The lowest BCUT2D eigenvalue weighted by atomic mass is 10.0. The van der Waals surface area contributed by atoms with Crippen LogP contribution in [-0.2, 0) is 0 Å². The van der Waals surface area contributed by atoms with Crippen LogP contribution in [0.2, 0.25) is 10.0 Å². The third kappa shape index (κ3) is 3.66. The fourth-order valence-electron chi connectivity index (χ4n) is 3.07. The molecule has 5 heteroatoms. The minimum absolute atomic E-state index is 0.220. The van der Waals surface area contributed by atoms with Gasteiger partial charge in [0.2, 0.25) is 0 Å². The molecule has 2 rings (SSSR count). The molecule has 0 radical (unpaired) electrons. The minimum atomic E-state index is 0.220. The molecule has 112 valence electrons. The van der Waals surface area contributed by atoms with Crippen molar-refractivity contribution in [2.75, 3.05) is 33.7 Å². The molecular weight excluding hydrogens is 293 g/mol. The Labute approximate surface area is 131 Å². The molecule has 1 aromatic carbocycles. The summed E-state index contributed by atoms with van der Waals surface area (Å²) in [6, 6.07) is 6.63. The van der Waals surface area contributed by atoms with Crippen LogP contribution in [0, 0.1) is 0 Å². The Morgan fingerprint density at radius 2 is 2.10 bits per heavy atom. The number of likely N-dealkylation sites (N-methyl/N-ethyl adjacent to an activating group) is 1. The van der Waals surface area contributed by atoms with Crippen molar-refractivity contribution in [3.05, 3.63) is 33.8 Å². The maximum atomic E-state index is 6.14. The van der Waals surface area contributed by atoms with Crippen LogP contribution in [-0.4, -0.2) is 49.6 Å². The van der Waals surface area contributed by atoms with E-state index in [0.717, 1.165) is 18.7 Å². The average Bonchev–Trinajstić information content (AvgIpc) is 2.82. The lowest BCUT2D eigenvalue weighted by Gasteiger charge is -2.34. The van der Waals surface area contributed by atoms with Crippen molar-refractivity contribution in [1.82, 2.24) is 9.80 Å². The van der Waals surface area contributed by atoms with Gasteiger partial charge in [-0.05, 0) is 51.2 Å². The van der Waals surface area contributed by atoms with Gasteiger partial charge in [-0.3, -0.25) is 4.90 Å². The molecule has 0 amide bonds. The van der Waals surface area contributed by atoms with Crippen molar-refractivity contribution in [1.29, 1.82) is 0 Å². The summed E-state index contributed by atoms with van der Waals surface area (Å²) in [5.41, 5.74) is 7.19. The first-order chi connectivity index (χ1) is 9.52. The van der Waals surface area contributed by atoms with Crippen molar-refractivity contribution in [2.24, 2.45) is 5.73 Å². The lowest BCUT2D eigenvalue weighted by molar-refractivity contribution is 0.156. The second kappa shape index (κ2) is 7.10. The number of halogens is 2. The Morgan fingerprint density at radius 1 is 1.35 bits per heavy atom. The van der Waals surface area contributed by atoms with Crippen molar-refractivity contribution in [3.8, 4) is 0 Å². The van der Waals surface area contributed by atoms with E-state index in [0.29, 0.717) is 22.6 Å². The van der Waals surface area contributed by atoms with Crippen molar-refractivity contribution in [3.63, 3.8) is 0 Å². The Morgan fingerprint density at radius 3 is 2.70 bits per heavy atom. The third-order valence-electron chi connectivity index (χ3n) is 3.95. The maximum absolute atomic E-state index is 6.14. The van der Waals surface area contributed by atoms with Crippen LogP contribution in [0.5, 0.6) is 0 Å². The number of nitrogens with two attached hydrogens (primary N) is 1. The number of nitrogens with zero attached hydrogens (tertiary/aromatic N) is 2. The second-order valence-electron chi connectivity index (χ2n) is 5.72. The zero-order valence-corrected chi connectivity index (χ0v) is 13.7. The predicted molar refractivity (Wildman–Crippen MR) is 86.5 cm³/mol. The predicted octanol–water partition coefficient (Wildman–Crippen LogP) is 3.02. The van der Waals surface area contributed by atoms with E-state index in [1.807, 2.05) is 18.2 Å². The third-order valence-corrected chi connectivity index (χ3v) is 4.69. The van der Waals surface area contributed by atoms with Gasteiger partial charge in [0.25, 0.3) is 0 Å². The molecule has 0 bridgehead atoms. The smallest absolute Gasteiger partial charge is 0.0595 e. The number of hydrogen-bond acceptors (Lipinski definition) is 3. The molecule has 1 aliphatic rings. The van der Waals surface area contributed by atoms with E-state index in [2.05, 4.69) is 23.9 Å². The summed E-state index contributed by atoms with van der Waals surface area (Å²) >= 11 is 12.1. The van der Waals surface area contributed by atoms with E-state index in [9.17, 15) is 0 Å². The van der Waals surface area contributed by atoms with Crippen LogP contribution in [0.25, 0.3) is 0 Å². The van der Waals surface area contributed by atoms with Crippen LogP contribution < -0.4 is 5.73 Å². The van der Waals surface area contributed by atoms with E-state index in [1.54, 1.807) is 0 Å². The summed E-state index contributed by atoms with van der Waals surface area (Å²) < 4.78 is 0. The van der Waals surface area contributed by atoms with Crippen LogP contribution >= 0.6 is 23.2 Å². The first kappa shape index (κ1) is 16.1. The average molecular weight is 316 g/mol. The fraction of sp³-hybridized carbons (Fsp3) is 0.600. The van der Waals surface area contributed by atoms with Gasteiger partial charge < -0.3 is 10.6 Å². The van der Waals surface area contributed by atoms with Crippen molar-refractivity contribution < 1.29 is 0 Å². The first-order valence-corrected chi connectivity index (χ1v) is 7.84. The summed E-state index contributed by atoms with van der Waals surface area (Å²) in [6.45, 7) is 2.76. The van der Waals surface area contributed by atoms with Gasteiger partial charge in [0.1, 0.15) is 0 Å². The summed E-state index contributed by atoms with van der Waals surface area (Å²) in [5, 5.41) is 1.20. The van der Waals surface area contributed by atoms with Gasteiger partial charge in [-0.1, -0.05) is 29.3 Å². The minimum Gasteiger partial charge on any atom is -0.329 e. The Hall–Kier alpha value is -0.320. The topological polar surface area (TPSA) is 32.5 Å².